The number of hydrogen-bond acceptors (Lipinski definition) is 3. The SMILES string of the molecule is NC1CCCCC1Nc1ccc(F)cn1. The quantitative estimate of drug-likeness (QED) is 0.782. The van der Waals surface area contributed by atoms with E-state index in [0.29, 0.717) is 5.82 Å². The van der Waals surface area contributed by atoms with E-state index in [4.69, 9.17) is 5.73 Å². The number of nitrogens with one attached hydrogen (secondary N) is 1. The summed E-state index contributed by atoms with van der Waals surface area (Å²) in [6, 6.07) is 3.52. The minimum absolute atomic E-state index is 0.186. The monoisotopic (exact) mass is 209 g/mol. The summed E-state index contributed by atoms with van der Waals surface area (Å²) in [5, 5.41) is 3.26. The molecule has 0 aromatic carbocycles. The van der Waals surface area contributed by atoms with Gasteiger partial charge in [0.25, 0.3) is 0 Å². The van der Waals surface area contributed by atoms with E-state index < -0.39 is 0 Å². The number of aromatic nitrogens is 1. The second-order valence-corrected chi connectivity index (χ2v) is 4.06. The molecule has 0 bridgehead atoms. The highest BCUT2D eigenvalue weighted by molar-refractivity contribution is 5.35. The van der Waals surface area contributed by atoms with Gasteiger partial charge in [-0.05, 0) is 25.0 Å². The minimum atomic E-state index is -0.312. The average Bonchev–Trinajstić information content (AvgIpc) is 2.25. The highest BCUT2D eigenvalue weighted by Gasteiger charge is 2.21. The molecule has 2 rings (SSSR count). The summed E-state index contributed by atoms with van der Waals surface area (Å²) >= 11 is 0. The van der Waals surface area contributed by atoms with Crippen molar-refractivity contribution in [1.29, 1.82) is 0 Å². The van der Waals surface area contributed by atoms with Crippen LogP contribution >= 0.6 is 0 Å². The van der Waals surface area contributed by atoms with Gasteiger partial charge in [0.05, 0.1) is 6.20 Å². The Kier molecular flexibility index (Phi) is 3.16. The summed E-state index contributed by atoms with van der Waals surface area (Å²) < 4.78 is 12.6. The van der Waals surface area contributed by atoms with Gasteiger partial charge in [0.15, 0.2) is 0 Å². The van der Waals surface area contributed by atoms with E-state index in [1.807, 2.05) is 0 Å². The number of hydrogen-bond donors (Lipinski definition) is 2. The van der Waals surface area contributed by atoms with Gasteiger partial charge in [-0.2, -0.15) is 0 Å². The number of nitrogens with two attached hydrogens (primary N) is 1. The number of rotatable bonds is 2. The Hall–Kier alpha value is -1.16. The molecule has 1 fully saturated rings. The molecule has 1 saturated carbocycles. The maximum Gasteiger partial charge on any atom is 0.141 e. The third-order valence-electron chi connectivity index (χ3n) is 2.88. The summed E-state index contributed by atoms with van der Waals surface area (Å²) in [6.45, 7) is 0. The summed E-state index contributed by atoms with van der Waals surface area (Å²) in [5.74, 6) is 0.396. The topological polar surface area (TPSA) is 50.9 Å². The summed E-state index contributed by atoms with van der Waals surface area (Å²) in [7, 11) is 0. The second kappa shape index (κ2) is 4.57. The molecule has 15 heavy (non-hydrogen) atoms. The molecule has 1 heterocycles. The lowest BCUT2D eigenvalue weighted by Crippen LogP contribution is -2.42. The second-order valence-electron chi connectivity index (χ2n) is 4.06. The van der Waals surface area contributed by atoms with Crippen molar-refractivity contribution >= 4 is 5.82 Å². The first-order chi connectivity index (χ1) is 7.25. The minimum Gasteiger partial charge on any atom is -0.366 e. The van der Waals surface area contributed by atoms with E-state index in [2.05, 4.69) is 10.3 Å². The highest BCUT2D eigenvalue weighted by atomic mass is 19.1. The van der Waals surface area contributed by atoms with Crippen molar-refractivity contribution < 1.29 is 4.39 Å². The fraction of sp³-hybridized carbons (Fsp3) is 0.545. The van der Waals surface area contributed by atoms with E-state index in [-0.39, 0.29) is 17.9 Å². The fourth-order valence-corrected chi connectivity index (χ4v) is 1.99. The van der Waals surface area contributed by atoms with Crippen LogP contribution in [0.15, 0.2) is 18.3 Å². The molecule has 82 valence electrons. The average molecular weight is 209 g/mol. The molecule has 0 saturated heterocycles. The molecular formula is C11H16FN3. The van der Waals surface area contributed by atoms with Crippen LogP contribution in [0.2, 0.25) is 0 Å². The third-order valence-corrected chi connectivity index (χ3v) is 2.88. The van der Waals surface area contributed by atoms with Gasteiger partial charge in [0.2, 0.25) is 0 Å². The highest BCUT2D eigenvalue weighted by Crippen LogP contribution is 2.20. The smallest absolute Gasteiger partial charge is 0.141 e. The Morgan fingerprint density at radius 2 is 2.13 bits per heavy atom. The summed E-state index contributed by atoms with van der Waals surface area (Å²) in [4.78, 5) is 3.97. The van der Waals surface area contributed by atoms with Gasteiger partial charge in [-0.3, -0.25) is 0 Å². The van der Waals surface area contributed by atoms with Crippen molar-refractivity contribution in [1.82, 2.24) is 4.98 Å². The predicted octanol–water partition coefficient (Wildman–Crippen LogP) is 1.90. The number of anilines is 1. The number of nitrogens with zero attached hydrogens (tertiary/aromatic N) is 1. The van der Waals surface area contributed by atoms with Crippen LogP contribution in [0.3, 0.4) is 0 Å². The lowest BCUT2D eigenvalue weighted by Gasteiger charge is -2.29. The first kappa shape index (κ1) is 10.4. The molecular weight excluding hydrogens is 193 g/mol. The zero-order valence-corrected chi connectivity index (χ0v) is 8.62. The predicted molar refractivity (Wildman–Crippen MR) is 58.0 cm³/mol. The van der Waals surface area contributed by atoms with Crippen LogP contribution in [0.5, 0.6) is 0 Å². The lowest BCUT2D eigenvalue weighted by molar-refractivity contribution is 0.403. The zero-order valence-electron chi connectivity index (χ0n) is 8.62. The third kappa shape index (κ3) is 2.65. The molecule has 3 N–H and O–H groups in total. The Labute approximate surface area is 88.9 Å². The molecule has 1 aromatic heterocycles. The Morgan fingerprint density at radius 3 is 2.80 bits per heavy atom. The van der Waals surface area contributed by atoms with Crippen molar-refractivity contribution in [2.24, 2.45) is 5.73 Å². The van der Waals surface area contributed by atoms with Crippen molar-refractivity contribution in [3.05, 3.63) is 24.1 Å². The Morgan fingerprint density at radius 1 is 1.33 bits per heavy atom. The number of pyridine rings is 1. The van der Waals surface area contributed by atoms with Crippen molar-refractivity contribution in [2.75, 3.05) is 5.32 Å². The van der Waals surface area contributed by atoms with Gasteiger partial charge in [-0.15, -0.1) is 0 Å². The van der Waals surface area contributed by atoms with Crippen LogP contribution in [0, 0.1) is 5.82 Å². The van der Waals surface area contributed by atoms with E-state index in [9.17, 15) is 4.39 Å². The van der Waals surface area contributed by atoms with Gasteiger partial charge >= 0.3 is 0 Å². The maximum absolute atomic E-state index is 12.6. The van der Waals surface area contributed by atoms with E-state index >= 15 is 0 Å². The maximum atomic E-state index is 12.6. The van der Waals surface area contributed by atoms with Crippen LogP contribution in [0.1, 0.15) is 25.7 Å². The van der Waals surface area contributed by atoms with Crippen LogP contribution < -0.4 is 11.1 Å². The van der Waals surface area contributed by atoms with Crippen molar-refractivity contribution in [3.63, 3.8) is 0 Å². The number of halogens is 1. The molecule has 4 heteroatoms. The molecule has 1 aliphatic rings. The summed E-state index contributed by atoms with van der Waals surface area (Å²) in [5.41, 5.74) is 5.99. The Bertz CT molecular complexity index is 312. The van der Waals surface area contributed by atoms with Gasteiger partial charge in [0, 0.05) is 12.1 Å². The van der Waals surface area contributed by atoms with Crippen molar-refractivity contribution in [3.8, 4) is 0 Å². The van der Waals surface area contributed by atoms with Crippen LogP contribution in [-0.4, -0.2) is 17.1 Å². The van der Waals surface area contributed by atoms with Crippen LogP contribution in [0.4, 0.5) is 10.2 Å². The zero-order chi connectivity index (χ0) is 10.7. The van der Waals surface area contributed by atoms with E-state index in [1.165, 1.54) is 25.1 Å². The summed E-state index contributed by atoms with van der Waals surface area (Å²) in [6.07, 6.45) is 5.75. The molecule has 3 nitrogen and oxygen atoms in total. The largest absolute Gasteiger partial charge is 0.366 e. The molecule has 2 atom stereocenters. The molecule has 2 unspecified atom stereocenters. The van der Waals surface area contributed by atoms with E-state index in [0.717, 1.165) is 12.8 Å². The fourth-order valence-electron chi connectivity index (χ4n) is 1.99. The molecule has 1 aliphatic carbocycles. The van der Waals surface area contributed by atoms with E-state index in [1.54, 1.807) is 6.07 Å². The van der Waals surface area contributed by atoms with Gasteiger partial charge in [0.1, 0.15) is 11.6 Å². The first-order valence-electron chi connectivity index (χ1n) is 5.39. The molecule has 0 spiro atoms. The molecule has 0 radical (unpaired) electrons. The molecule has 1 aromatic rings. The normalized spacial score (nSPS) is 26.3. The van der Waals surface area contributed by atoms with Gasteiger partial charge in [-0.25, -0.2) is 9.37 Å². The Balaban J connectivity index is 1.98. The standard InChI is InChI=1S/C11H16FN3/c12-8-5-6-11(14-7-8)15-10-4-2-1-3-9(10)13/h5-7,9-10H,1-4,13H2,(H,14,15). The lowest BCUT2D eigenvalue weighted by atomic mass is 9.91. The molecule has 0 aliphatic heterocycles. The molecule has 0 amide bonds. The van der Waals surface area contributed by atoms with Crippen molar-refractivity contribution in [2.45, 2.75) is 37.8 Å². The van der Waals surface area contributed by atoms with Gasteiger partial charge in [-0.1, -0.05) is 12.8 Å². The van der Waals surface area contributed by atoms with Crippen LogP contribution in [0.25, 0.3) is 0 Å². The van der Waals surface area contributed by atoms with Crippen LogP contribution in [-0.2, 0) is 0 Å². The first-order valence-corrected chi connectivity index (χ1v) is 5.39. The van der Waals surface area contributed by atoms with Gasteiger partial charge < -0.3 is 11.1 Å².